The molecule has 0 bridgehead atoms. The third-order valence-corrected chi connectivity index (χ3v) is 6.05. The zero-order valence-electron chi connectivity index (χ0n) is 14.6. The third-order valence-electron chi connectivity index (χ3n) is 4.61. The van der Waals surface area contributed by atoms with Crippen molar-refractivity contribution in [2.24, 2.45) is 0 Å². The van der Waals surface area contributed by atoms with E-state index in [-0.39, 0.29) is 27.4 Å². The van der Waals surface area contributed by atoms with Gasteiger partial charge in [0.1, 0.15) is 5.75 Å². The minimum Gasteiger partial charge on any atom is -0.497 e. The van der Waals surface area contributed by atoms with E-state index in [4.69, 9.17) is 16.3 Å². The van der Waals surface area contributed by atoms with E-state index in [9.17, 15) is 13.2 Å². The van der Waals surface area contributed by atoms with E-state index in [0.29, 0.717) is 6.54 Å². The lowest BCUT2D eigenvalue weighted by molar-refractivity contribution is 0.0735. The van der Waals surface area contributed by atoms with Crippen LogP contribution in [0.2, 0.25) is 5.02 Å². The van der Waals surface area contributed by atoms with E-state index in [0.717, 1.165) is 30.4 Å². The molecule has 1 amide bonds. The van der Waals surface area contributed by atoms with Gasteiger partial charge in [-0.15, -0.1) is 0 Å². The van der Waals surface area contributed by atoms with Crippen molar-refractivity contribution in [2.45, 2.75) is 23.8 Å². The Morgan fingerprint density at radius 3 is 2.50 bits per heavy atom. The number of hydrogen-bond donors (Lipinski definition) is 0. The van der Waals surface area contributed by atoms with E-state index in [1.807, 2.05) is 24.3 Å². The summed E-state index contributed by atoms with van der Waals surface area (Å²) in [5.74, 6) is 0.507. The standard InChI is InChI=1S/C19H20ClNO4S/c1-25-14-7-5-13(6-8-14)18-4-3-11-21(18)19(22)16-12-15(26(2,23)24)9-10-17(16)20/h5-10,12,18H,3-4,11H2,1-2H3. The topological polar surface area (TPSA) is 63.7 Å². The largest absolute Gasteiger partial charge is 0.497 e. The predicted molar refractivity (Wildman–Crippen MR) is 101 cm³/mol. The van der Waals surface area contributed by atoms with Gasteiger partial charge < -0.3 is 9.64 Å². The summed E-state index contributed by atoms with van der Waals surface area (Å²) in [7, 11) is -1.81. The van der Waals surface area contributed by atoms with Gasteiger partial charge in [-0.25, -0.2) is 8.42 Å². The second-order valence-corrected chi connectivity index (χ2v) is 8.77. The van der Waals surface area contributed by atoms with Crippen molar-refractivity contribution in [3.05, 3.63) is 58.6 Å². The molecule has 1 atom stereocenters. The van der Waals surface area contributed by atoms with Gasteiger partial charge in [0, 0.05) is 12.8 Å². The van der Waals surface area contributed by atoms with E-state index < -0.39 is 9.84 Å². The highest BCUT2D eigenvalue weighted by atomic mass is 35.5. The molecule has 1 saturated heterocycles. The molecule has 5 nitrogen and oxygen atoms in total. The third kappa shape index (κ3) is 3.71. The fraction of sp³-hybridized carbons (Fsp3) is 0.316. The Balaban J connectivity index is 1.93. The minimum atomic E-state index is -3.42. The highest BCUT2D eigenvalue weighted by Crippen LogP contribution is 2.35. The summed E-state index contributed by atoms with van der Waals surface area (Å²) in [5, 5.41) is 0.253. The Kier molecular flexibility index (Phi) is 5.25. The van der Waals surface area contributed by atoms with Crippen LogP contribution < -0.4 is 4.74 Å². The fourth-order valence-electron chi connectivity index (χ4n) is 3.24. The van der Waals surface area contributed by atoms with Gasteiger partial charge in [0.2, 0.25) is 0 Å². The molecule has 0 spiro atoms. The van der Waals surface area contributed by atoms with Gasteiger partial charge in [0.25, 0.3) is 5.91 Å². The SMILES string of the molecule is COc1ccc(C2CCCN2C(=O)c2cc(S(C)(=O)=O)ccc2Cl)cc1. The Hall–Kier alpha value is -2.05. The summed E-state index contributed by atoms with van der Waals surface area (Å²) >= 11 is 6.19. The van der Waals surface area contributed by atoms with Gasteiger partial charge in [-0.2, -0.15) is 0 Å². The van der Waals surface area contributed by atoms with Crippen LogP contribution in [-0.2, 0) is 9.84 Å². The Bertz CT molecular complexity index is 925. The van der Waals surface area contributed by atoms with Crippen molar-refractivity contribution in [1.82, 2.24) is 4.90 Å². The molecule has 1 heterocycles. The minimum absolute atomic E-state index is 0.0636. The van der Waals surface area contributed by atoms with Crippen LogP contribution in [0.5, 0.6) is 5.75 Å². The molecule has 0 saturated carbocycles. The lowest BCUT2D eigenvalue weighted by Crippen LogP contribution is -2.31. The molecule has 0 N–H and O–H groups in total. The molecule has 1 aliphatic rings. The molecular weight excluding hydrogens is 374 g/mol. The molecule has 1 fully saturated rings. The number of hydrogen-bond acceptors (Lipinski definition) is 4. The molecule has 1 aliphatic heterocycles. The number of nitrogens with zero attached hydrogens (tertiary/aromatic N) is 1. The zero-order chi connectivity index (χ0) is 18.9. The van der Waals surface area contributed by atoms with E-state index in [1.54, 1.807) is 12.0 Å². The normalized spacial score (nSPS) is 17.3. The molecule has 0 aromatic heterocycles. The molecule has 2 aromatic carbocycles. The van der Waals surface area contributed by atoms with Crippen molar-refractivity contribution < 1.29 is 17.9 Å². The van der Waals surface area contributed by atoms with Gasteiger partial charge in [-0.3, -0.25) is 4.79 Å². The van der Waals surface area contributed by atoms with Crippen molar-refractivity contribution in [1.29, 1.82) is 0 Å². The summed E-state index contributed by atoms with van der Waals surface area (Å²) < 4.78 is 28.8. The van der Waals surface area contributed by atoms with Gasteiger partial charge in [-0.1, -0.05) is 23.7 Å². The molecule has 1 unspecified atom stereocenters. The highest BCUT2D eigenvalue weighted by molar-refractivity contribution is 7.90. The molecule has 26 heavy (non-hydrogen) atoms. The van der Waals surface area contributed by atoms with E-state index in [1.165, 1.54) is 18.2 Å². The van der Waals surface area contributed by atoms with E-state index in [2.05, 4.69) is 0 Å². The number of methoxy groups -OCH3 is 1. The van der Waals surface area contributed by atoms with Crippen molar-refractivity contribution in [3.63, 3.8) is 0 Å². The number of benzene rings is 2. The molecule has 7 heteroatoms. The molecular formula is C19H20ClNO4S. The number of likely N-dealkylation sites (tertiary alicyclic amines) is 1. The number of sulfone groups is 1. The average Bonchev–Trinajstić information content (AvgIpc) is 3.10. The second kappa shape index (κ2) is 7.29. The van der Waals surface area contributed by atoms with Crippen LogP contribution in [0.4, 0.5) is 0 Å². The maximum Gasteiger partial charge on any atom is 0.255 e. The van der Waals surface area contributed by atoms with Crippen LogP contribution in [0.1, 0.15) is 34.8 Å². The first kappa shape index (κ1) is 18.7. The lowest BCUT2D eigenvalue weighted by atomic mass is 10.0. The Morgan fingerprint density at radius 2 is 1.88 bits per heavy atom. The summed E-state index contributed by atoms with van der Waals surface area (Å²) in [6.45, 7) is 0.606. The lowest BCUT2D eigenvalue weighted by Gasteiger charge is -2.26. The number of halogens is 1. The summed E-state index contributed by atoms with van der Waals surface area (Å²) in [4.78, 5) is 14.9. The number of carbonyl (C=O) groups excluding carboxylic acids is 1. The van der Waals surface area contributed by atoms with Crippen molar-refractivity contribution in [2.75, 3.05) is 19.9 Å². The van der Waals surface area contributed by atoms with Gasteiger partial charge in [0.05, 0.1) is 28.6 Å². The highest BCUT2D eigenvalue weighted by Gasteiger charge is 2.32. The summed E-state index contributed by atoms with van der Waals surface area (Å²) in [6, 6.07) is 11.8. The summed E-state index contributed by atoms with van der Waals surface area (Å²) in [6.07, 6.45) is 2.84. The predicted octanol–water partition coefficient (Wildman–Crippen LogP) is 3.73. The molecule has 0 aliphatic carbocycles. The first-order chi connectivity index (χ1) is 12.3. The van der Waals surface area contributed by atoms with Crippen LogP contribution in [0.25, 0.3) is 0 Å². The monoisotopic (exact) mass is 393 g/mol. The van der Waals surface area contributed by atoms with Crippen LogP contribution in [0, 0.1) is 0 Å². The average molecular weight is 394 g/mol. The Morgan fingerprint density at radius 1 is 1.19 bits per heavy atom. The first-order valence-electron chi connectivity index (χ1n) is 8.26. The number of rotatable bonds is 4. The fourth-order valence-corrected chi connectivity index (χ4v) is 4.08. The molecule has 0 radical (unpaired) electrons. The van der Waals surface area contributed by atoms with Crippen LogP contribution >= 0.6 is 11.6 Å². The molecule has 138 valence electrons. The quantitative estimate of drug-likeness (QED) is 0.793. The first-order valence-corrected chi connectivity index (χ1v) is 10.5. The van der Waals surface area contributed by atoms with Gasteiger partial charge in [-0.05, 0) is 48.7 Å². The number of ether oxygens (including phenoxy) is 1. The Labute approximate surface area is 158 Å². The smallest absolute Gasteiger partial charge is 0.255 e. The van der Waals surface area contributed by atoms with Gasteiger partial charge in [0.15, 0.2) is 9.84 Å². The van der Waals surface area contributed by atoms with Crippen LogP contribution in [0.3, 0.4) is 0 Å². The molecule has 3 rings (SSSR count). The van der Waals surface area contributed by atoms with Crippen molar-refractivity contribution >= 4 is 27.3 Å². The van der Waals surface area contributed by atoms with Crippen LogP contribution in [-0.4, -0.2) is 39.1 Å². The maximum atomic E-state index is 13.1. The van der Waals surface area contributed by atoms with Crippen LogP contribution in [0.15, 0.2) is 47.4 Å². The number of amides is 1. The summed E-state index contributed by atoms with van der Waals surface area (Å²) in [5.41, 5.74) is 1.24. The van der Waals surface area contributed by atoms with E-state index >= 15 is 0 Å². The molecule has 2 aromatic rings. The second-order valence-electron chi connectivity index (χ2n) is 6.34. The van der Waals surface area contributed by atoms with Gasteiger partial charge >= 0.3 is 0 Å². The van der Waals surface area contributed by atoms with Crippen molar-refractivity contribution in [3.8, 4) is 5.75 Å². The number of carbonyl (C=O) groups is 1. The maximum absolute atomic E-state index is 13.1. The zero-order valence-corrected chi connectivity index (χ0v) is 16.2.